The Bertz CT molecular complexity index is 367. The van der Waals surface area contributed by atoms with E-state index in [1.54, 1.807) is 7.11 Å². The van der Waals surface area contributed by atoms with E-state index in [2.05, 4.69) is 45.3 Å². The zero-order valence-electron chi connectivity index (χ0n) is 12.9. The van der Waals surface area contributed by atoms with Gasteiger partial charge in [-0.3, -0.25) is 11.3 Å². The van der Waals surface area contributed by atoms with Crippen LogP contribution in [-0.4, -0.2) is 7.11 Å². The van der Waals surface area contributed by atoms with Crippen molar-refractivity contribution >= 4 is 0 Å². The zero-order chi connectivity index (χ0) is 14.5. The normalized spacial score (nSPS) is 15.1. The van der Waals surface area contributed by atoms with E-state index in [9.17, 15) is 0 Å². The first-order chi connectivity index (χ1) is 8.85. The van der Waals surface area contributed by atoms with Crippen LogP contribution < -0.4 is 16.0 Å². The van der Waals surface area contributed by atoms with Gasteiger partial charge >= 0.3 is 0 Å². The lowest BCUT2D eigenvalue weighted by molar-refractivity contribution is 0.276. The van der Waals surface area contributed by atoms with Crippen LogP contribution in [0, 0.1) is 11.3 Å². The molecule has 1 rings (SSSR count). The second-order valence-corrected chi connectivity index (χ2v) is 6.60. The second kappa shape index (κ2) is 6.92. The van der Waals surface area contributed by atoms with Crippen LogP contribution >= 0.6 is 0 Å². The molecule has 108 valence electrons. The summed E-state index contributed by atoms with van der Waals surface area (Å²) in [7, 11) is 1.68. The highest BCUT2D eigenvalue weighted by Crippen LogP contribution is 2.30. The summed E-state index contributed by atoms with van der Waals surface area (Å²) >= 11 is 0. The van der Waals surface area contributed by atoms with Crippen LogP contribution in [0.1, 0.15) is 52.1 Å². The number of benzene rings is 1. The van der Waals surface area contributed by atoms with Gasteiger partial charge in [0.2, 0.25) is 0 Å². The molecule has 0 aliphatic rings. The SMILES string of the molecule is COc1ccc(C(CC(C)CC(C)(C)C)NN)cc1. The maximum atomic E-state index is 5.71. The molecule has 1 aromatic rings. The molecule has 0 spiro atoms. The van der Waals surface area contributed by atoms with Gasteiger partial charge in [0, 0.05) is 6.04 Å². The Labute approximate surface area is 117 Å². The topological polar surface area (TPSA) is 47.3 Å². The van der Waals surface area contributed by atoms with Crippen LogP contribution in [0.5, 0.6) is 5.75 Å². The molecule has 0 aliphatic carbocycles. The summed E-state index contributed by atoms with van der Waals surface area (Å²) in [6, 6.07) is 8.31. The Hall–Kier alpha value is -1.06. The third-order valence-corrected chi connectivity index (χ3v) is 3.32. The lowest BCUT2D eigenvalue weighted by atomic mass is 9.82. The van der Waals surface area contributed by atoms with Crippen molar-refractivity contribution < 1.29 is 4.74 Å². The third kappa shape index (κ3) is 5.62. The average molecular weight is 264 g/mol. The molecule has 3 heteroatoms. The van der Waals surface area contributed by atoms with Gasteiger partial charge in [0.05, 0.1) is 7.11 Å². The van der Waals surface area contributed by atoms with E-state index in [1.807, 2.05) is 12.1 Å². The van der Waals surface area contributed by atoms with E-state index < -0.39 is 0 Å². The highest BCUT2D eigenvalue weighted by molar-refractivity contribution is 5.29. The van der Waals surface area contributed by atoms with Gasteiger partial charge in [-0.1, -0.05) is 39.8 Å². The standard InChI is InChI=1S/C16H28N2O/c1-12(11-16(2,3)4)10-15(18-17)13-6-8-14(19-5)9-7-13/h6-9,12,15,18H,10-11,17H2,1-5H3. The van der Waals surface area contributed by atoms with Crippen LogP contribution in [0.15, 0.2) is 24.3 Å². The van der Waals surface area contributed by atoms with E-state index in [0.717, 1.165) is 12.2 Å². The number of nitrogens with two attached hydrogens (primary N) is 1. The van der Waals surface area contributed by atoms with Crippen molar-refractivity contribution in [2.45, 2.75) is 46.6 Å². The van der Waals surface area contributed by atoms with Crippen LogP contribution in [0.2, 0.25) is 0 Å². The molecular formula is C16H28N2O. The van der Waals surface area contributed by atoms with Gasteiger partial charge in [0.15, 0.2) is 0 Å². The first-order valence-electron chi connectivity index (χ1n) is 6.96. The fourth-order valence-corrected chi connectivity index (χ4v) is 2.67. The van der Waals surface area contributed by atoms with E-state index in [-0.39, 0.29) is 6.04 Å². The Morgan fingerprint density at radius 1 is 1.21 bits per heavy atom. The monoisotopic (exact) mass is 264 g/mol. The van der Waals surface area contributed by atoms with Crippen LogP contribution in [-0.2, 0) is 0 Å². The molecule has 0 amide bonds. The smallest absolute Gasteiger partial charge is 0.118 e. The molecule has 0 heterocycles. The number of methoxy groups -OCH3 is 1. The van der Waals surface area contributed by atoms with Crippen LogP contribution in [0.4, 0.5) is 0 Å². The molecule has 0 aliphatic heterocycles. The Balaban J connectivity index is 2.66. The Kier molecular flexibility index (Phi) is 5.83. The van der Waals surface area contributed by atoms with Crippen molar-refractivity contribution in [1.29, 1.82) is 0 Å². The maximum Gasteiger partial charge on any atom is 0.118 e. The summed E-state index contributed by atoms with van der Waals surface area (Å²) in [5.41, 5.74) is 4.50. The fraction of sp³-hybridized carbons (Fsp3) is 0.625. The molecule has 19 heavy (non-hydrogen) atoms. The number of hydrogen-bond donors (Lipinski definition) is 2. The van der Waals surface area contributed by atoms with Crippen LogP contribution in [0.25, 0.3) is 0 Å². The fourth-order valence-electron chi connectivity index (χ4n) is 2.67. The number of hydrogen-bond acceptors (Lipinski definition) is 3. The third-order valence-electron chi connectivity index (χ3n) is 3.32. The highest BCUT2D eigenvalue weighted by atomic mass is 16.5. The molecule has 0 aromatic heterocycles. The first-order valence-corrected chi connectivity index (χ1v) is 6.96. The minimum absolute atomic E-state index is 0.197. The predicted molar refractivity (Wildman–Crippen MR) is 80.9 cm³/mol. The molecule has 2 atom stereocenters. The summed E-state index contributed by atoms with van der Waals surface area (Å²) in [5, 5.41) is 0. The molecule has 0 saturated heterocycles. The van der Waals surface area contributed by atoms with Crippen molar-refractivity contribution in [2.75, 3.05) is 7.11 Å². The predicted octanol–water partition coefficient (Wildman–Crippen LogP) is 3.66. The number of rotatable bonds is 6. The minimum atomic E-state index is 0.197. The summed E-state index contributed by atoms with van der Waals surface area (Å²) in [4.78, 5) is 0. The first kappa shape index (κ1) is 16.0. The molecule has 0 bridgehead atoms. The van der Waals surface area contributed by atoms with E-state index in [1.165, 1.54) is 12.0 Å². The largest absolute Gasteiger partial charge is 0.497 e. The van der Waals surface area contributed by atoms with Gasteiger partial charge in [0.1, 0.15) is 5.75 Å². The van der Waals surface area contributed by atoms with Crippen LogP contribution in [0.3, 0.4) is 0 Å². The summed E-state index contributed by atoms with van der Waals surface area (Å²) in [6.07, 6.45) is 2.24. The van der Waals surface area contributed by atoms with E-state index in [0.29, 0.717) is 11.3 Å². The molecule has 1 aromatic carbocycles. The van der Waals surface area contributed by atoms with Crippen molar-refractivity contribution in [1.82, 2.24) is 5.43 Å². The summed E-state index contributed by atoms with van der Waals surface area (Å²) in [6.45, 7) is 9.13. The molecule has 0 fully saturated rings. The van der Waals surface area contributed by atoms with Gasteiger partial charge in [-0.2, -0.15) is 0 Å². The molecule has 2 unspecified atom stereocenters. The molecule has 3 nitrogen and oxygen atoms in total. The van der Waals surface area contributed by atoms with Gasteiger partial charge in [0.25, 0.3) is 0 Å². The van der Waals surface area contributed by atoms with Gasteiger partial charge < -0.3 is 4.74 Å². The number of nitrogens with one attached hydrogen (secondary N) is 1. The maximum absolute atomic E-state index is 5.71. The Morgan fingerprint density at radius 3 is 2.21 bits per heavy atom. The van der Waals surface area contributed by atoms with Crippen molar-refractivity contribution in [3.8, 4) is 5.75 Å². The van der Waals surface area contributed by atoms with Gasteiger partial charge in [-0.25, -0.2) is 0 Å². The lowest BCUT2D eigenvalue weighted by Gasteiger charge is -2.26. The number of hydrazine groups is 1. The average Bonchev–Trinajstić information content (AvgIpc) is 2.34. The second-order valence-electron chi connectivity index (χ2n) is 6.60. The molecule has 0 saturated carbocycles. The van der Waals surface area contributed by atoms with Crippen molar-refractivity contribution in [2.24, 2.45) is 17.2 Å². The summed E-state index contributed by atoms with van der Waals surface area (Å²) in [5.74, 6) is 7.21. The van der Waals surface area contributed by atoms with Gasteiger partial charge in [-0.15, -0.1) is 0 Å². The zero-order valence-corrected chi connectivity index (χ0v) is 12.9. The Morgan fingerprint density at radius 2 is 1.79 bits per heavy atom. The highest BCUT2D eigenvalue weighted by Gasteiger charge is 2.19. The van der Waals surface area contributed by atoms with E-state index in [4.69, 9.17) is 10.6 Å². The minimum Gasteiger partial charge on any atom is -0.497 e. The lowest BCUT2D eigenvalue weighted by Crippen LogP contribution is -2.30. The van der Waals surface area contributed by atoms with E-state index >= 15 is 0 Å². The molecule has 3 N–H and O–H groups in total. The van der Waals surface area contributed by atoms with Crippen molar-refractivity contribution in [3.05, 3.63) is 29.8 Å². The number of ether oxygens (including phenoxy) is 1. The van der Waals surface area contributed by atoms with Gasteiger partial charge in [-0.05, 0) is 41.9 Å². The molecule has 0 radical (unpaired) electrons. The molecular weight excluding hydrogens is 236 g/mol. The summed E-state index contributed by atoms with van der Waals surface area (Å²) < 4.78 is 5.18. The quantitative estimate of drug-likeness (QED) is 0.609. The van der Waals surface area contributed by atoms with Crippen molar-refractivity contribution in [3.63, 3.8) is 0 Å².